The molecule has 0 aliphatic carbocycles. The predicted octanol–water partition coefficient (Wildman–Crippen LogP) is 1.98. The van der Waals surface area contributed by atoms with E-state index in [1.54, 1.807) is 14.2 Å². The van der Waals surface area contributed by atoms with Gasteiger partial charge in [0.25, 0.3) is 0 Å². The van der Waals surface area contributed by atoms with Crippen LogP contribution in [0.5, 0.6) is 0 Å². The summed E-state index contributed by atoms with van der Waals surface area (Å²) in [5.74, 6) is 0. The van der Waals surface area contributed by atoms with Gasteiger partial charge in [-0.2, -0.15) is 0 Å². The summed E-state index contributed by atoms with van der Waals surface area (Å²) in [4.78, 5) is 0. The molecule has 0 aliphatic heterocycles. The van der Waals surface area contributed by atoms with E-state index in [0.29, 0.717) is 6.61 Å². The van der Waals surface area contributed by atoms with Crippen molar-refractivity contribution in [2.45, 2.75) is 26.1 Å². The summed E-state index contributed by atoms with van der Waals surface area (Å²) in [6.45, 7) is 3.33. The normalized spacial score (nSPS) is 11.7. The molecule has 0 saturated heterocycles. The number of ether oxygens (including phenoxy) is 3. The fourth-order valence-corrected chi connectivity index (χ4v) is 0.848. The fraction of sp³-hybridized carbons (Fsp3) is 0.800. The van der Waals surface area contributed by atoms with Crippen molar-refractivity contribution in [1.29, 1.82) is 0 Å². The highest BCUT2D eigenvalue weighted by molar-refractivity contribution is 4.79. The van der Waals surface area contributed by atoms with Crippen LogP contribution in [0.1, 0.15) is 19.8 Å². The van der Waals surface area contributed by atoms with Crippen LogP contribution in [0.3, 0.4) is 0 Å². The smallest absolute Gasteiger partial charge is 0.180 e. The molecule has 13 heavy (non-hydrogen) atoms. The van der Waals surface area contributed by atoms with E-state index >= 15 is 0 Å². The van der Waals surface area contributed by atoms with Gasteiger partial charge in [0.05, 0.1) is 13.2 Å². The Morgan fingerprint density at radius 2 is 1.85 bits per heavy atom. The van der Waals surface area contributed by atoms with Gasteiger partial charge in [-0.05, 0) is 12.8 Å². The molecule has 0 N–H and O–H groups in total. The zero-order valence-corrected chi connectivity index (χ0v) is 8.79. The second-order valence-corrected chi connectivity index (χ2v) is 2.64. The van der Waals surface area contributed by atoms with Crippen LogP contribution in [0.4, 0.5) is 0 Å². The van der Waals surface area contributed by atoms with Crippen molar-refractivity contribution in [2.24, 2.45) is 0 Å². The molecular formula is C10H20O3. The van der Waals surface area contributed by atoms with Crippen molar-refractivity contribution in [3.63, 3.8) is 0 Å². The van der Waals surface area contributed by atoms with Gasteiger partial charge in [-0.1, -0.05) is 19.1 Å². The second kappa shape index (κ2) is 9.71. The van der Waals surface area contributed by atoms with Gasteiger partial charge in [-0.3, -0.25) is 0 Å². The van der Waals surface area contributed by atoms with Crippen molar-refractivity contribution in [3.05, 3.63) is 12.2 Å². The lowest BCUT2D eigenvalue weighted by atomic mass is 10.3. The maximum atomic E-state index is 5.32. The van der Waals surface area contributed by atoms with Crippen LogP contribution in [0.2, 0.25) is 0 Å². The Morgan fingerprint density at radius 3 is 2.38 bits per heavy atom. The molecule has 0 bridgehead atoms. The first-order valence-corrected chi connectivity index (χ1v) is 4.63. The summed E-state index contributed by atoms with van der Waals surface area (Å²) in [6, 6.07) is 0. The summed E-state index contributed by atoms with van der Waals surface area (Å²) in [7, 11) is 3.21. The molecule has 78 valence electrons. The summed E-state index contributed by atoms with van der Waals surface area (Å²) in [5.41, 5.74) is 0. The van der Waals surface area contributed by atoms with Crippen molar-refractivity contribution in [3.8, 4) is 0 Å². The Hall–Kier alpha value is -0.380. The summed E-state index contributed by atoms with van der Waals surface area (Å²) in [6.07, 6.45) is 6.05. The van der Waals surface area contributed by atoms with E-state index in [-0.39, 0.29) is 6.29 Å². The molecule has 0 aromatic heterocycles. The fourth-order valence-electron chi connectivity index (χ4n) is 0.848. The van der Waals surface area contributed by atoms with Crippen molar-refractivity contribution in [2.75, 3.05) is 27.4 Å². The van der Waals surface area contributed by atoms with Gasteiger partial charge in [0, 0.05) is 14.2 Å². The van der Waals surface area contributed by atoms with E-state index in [4.69, 9.17) is 14.2 Å². The van der Waals surface area contributed by atoms with E-state index in [0.717, 1.165) is 19.4 Å². The molecule has 0 spiro atoms. The van der Waals surface area contributed by atoms with Gasteiger partial charge >= 0.3 is 0 Å². The van der Waals surface area contributed by atoms with Gasteiger partial charge in [-0.25, -0.2) is 0 Å². The lowest BCUT2D eigenvalue weighted by Gasteiger charge is -2.12. The van der Waals surface area contributed by atoms with E-state index < -0.39 is 0 Å². The Labute approximate surface area is 80.7 Å². The maximum Gasteiger partial charge on any atom is 0.180 e. The molecule has 3 nitrogen and oxygen atoms in total. The SMILES string of the molecule is CC/C=C/CCOCC(OC)OC. The lowest BCUT2D eigenvalue weighted by Crippen LogP contribution is -2.20. The number of rotatable bonds is 8. The molecule has 0 fully saturated rings. The first-order valence-electron chi connectivity index (χ1n) is 4.63. The topological polar surface area (TPSA) is 27.7 Å². The molecule has 0 aromatic carbocycles. The van der Waals surface area contributed by atoms with Crippen LogP contribution in [0.15, 0.2) is 12.2 Å². The first kappa shape index (κ1) is 12.6. The molecule has 0 aliphatic rings. The molecule has 0 saturated carbocycles. The van der Waals surface area contributed by atoms with E-state index in [1.807, 2.05) is 0 Å². The van der Waals surface area contributed by atoms with Crippen LogP contribution in [-0.2, 0) is 14.2 Å². The largest absolute Gasteiger partial charge is 0.376 e. The van der Waals surface area contributed by atoms with Crippen molar-refractivity contribution >= 4 is 0 Å². The molecule has 0 heterocycles. The third-order valence-electron chi connectivity index (χ3n) is 1.61. The Kier molecular flexibility index (Phi) is 9.42. The number of hydrogen-bond donors (Lipinski definition) is 0. The van der Waals surface area contributed by atoms with Crippen LogP contribution >= 0.6 is 0 Å². The van der Waals surface area contributed by atoms with Crippen molar-refractivity contribution < 1.29 is 14.2 Å². The van der Waals surface area contributed by atoms with Gasteiger partial charge in [0.1, 0.15) is 0 Å². The van der Waals surface area contributed by atoms with Crippen LogP contribution in [-0.4, -0.2) is 33.7 Å². The third kappa shape index (κ3) is 7.96. The Balaban J connectivity index is 3.19. The molecule has 0 rings (SSSR count). The molecule has 0 aromatic rings. The molecule has 0 atom stereocenters. The summed E-state index contributed by atoms with van der Waals surface area (Å²) in [5, 5.41) is 0. The van der Waals surface area contributed by atoms with Gasteiger partial charge < -0.3 is 14.2 Å². The van der Waals surface area contributed by atoms with Gasteiger partial charge in [0.2, 0.25) is 0 Å². The Morgan fingerprint density at radius 1 is 1.15 bits per heavy atom. The van der Waals surface area contributed by atoms with Crippen LogP contribution in [0.25, 0.3) is 0 Å². The summed E-state index contributed by atoms with van der Waals surface area (Å²) < 4.78 is 15.2. The average molecular weight is 188 g/mol. The predicted molar refractivity (Wildman–Crippen MR) is 52.7 cm³/mol. The quantitative estimate of drug-likeness (QED) is 0.331. The van der Waals surface area contributed by atoms with Gasteiger partial charge in [-0.15, -0.1) is 0 Å². The number of hydrogen-bond acceptors (Lipinski definition) is 3. The van der Waals surface area contributed by atoms with Gasteiger partial charge in [0.15, 0.2) is 6.29 Å². The standard InChI is InChI=1S/C10H20O3/c1-4-5-6-7-8-13-9-10(11-2)12-3/h5-6,10H,4,7-9H2,1-3H3/b6-5+. The molecule has 3 heteroatoms. The van der Waals surface area contributed by atoms with E-state index in [2.05, 4.69) is 19.1 Å². The number of allylic oxidation sites excluding steroid dienone is 1. The minimum Gasteiger partial charge on any atom is -0.376 e. The van der Waals surface area contributed by atoms with Crippen LogP contribution < -0.4 is 0 Å². The van der Waals surface area contributed by atoms with Crippen LogP contribution in [0, 0.1) is 0 Å². The second-order valence-electron chi connectivity index (χ2n) is 2.64. The van der Waals surface area contributed by atoms with E-state index in [1.165, 1.54) is 0 Å². The minimum atomic E-state index is -0.241. The highest BCUT2D eigenvalue weighted by Gasteiger charge is 2.02. The molecular weight excluding hydrogens is 168 g/mol. The third-order valence-corrected chi connectivity index (χ3v) is 1.61. The molecule has 0 radical (unpaired) electrons. The highest BCUT2D eigenvalue weighted by atomic mass is 16.7. The maximum absolute atomic E-state index is 5.32. The Bertz CT molecular complexity index is 119. The highest BCUT2D eigenvalue weighted by Crippen LogP contribution is 1.94. The van der Waals surface area contributed by atoms with Crippen molar-refractivity contribution in [1.82, 2.24) is 0 Å². The lowest BCUT2D eigenvalue weighted by molar-refractivity contribution is -0.139. The number of methoxy groups -OCH3 is 2. The minimum absolute atomic E-state index is 0.241. The van der Waals surface area contributed by atoms with E-state index in [9.17, 15) is 0 Å². The average Bonchev–Trinajstić information content (AvgIpc) is 2.17. The molecule has 0 amide bonds. The summed E-state index contributed by atoms with van der Waals surface area (Å²) >= 11 is 0. The molecule has 0 unspecified atom stereocenters. The zero-order valence-electron chi connectivity index (χ0n) is 8.79. The zero-order chi connectivity index (χ0) is 9.94. The first-order chi connectivity index (χ1) is 6.35. The monoisotopic (exact) mass is 188 g/mol.